The third-order valence-electron chi connectivity index (χ3n) is 2.27. The molecule has 1 aliphatic rings. The van der Waals surface area contributed by atoms with Crippen molar-refractivity contribution < 1.29 is 4.74 Å². The molecule has 0 aromatic heterocycles. The van der Waals surface area contributed by atoms with Crippen LogP contribution in [-0.4, -0.2) is 43.8 Å². The van der Waals surface area contributed by atoms with Gasteiger partial charge in [-0.25, -0.2) is 0 Å². The normalized spacial score (nSPS) is 28.4. The molecular weight excluding hydrogens is 152 g/mol. The van der Waals surface area contributed by atoms with Crippen molar-refractivity contribution in [2.45, 2.75) is 19.1 Å². The molecule has 1 aliphatic heterocycles. The number of hydrogen-bond acceptors (Lipinski definition) is 3. The zero-order valence-corrected chi connectivity index (χ0v) is 7.92. The summed E-state index contributed by atoms with van der Waals surface area (Å²) in [6.45, 7) is 8.47. The molecule has 12 heavy (non-hydrogen) atoms. The van der Waals surface area contributed by atoms with Crippen molar-refractivity contribution in [2.24, 2.45) is 5.73 Å². The quantitative estimate of drug-likeness (QED) is 0.602. The number of ether oxygens (including phenoxy) is 1. The van der Waals surface area contributed by atoms with Crippen LogP contribution in [0.2, 0.25) is 0 Å². The van der Waals surface area contributed by atoms with Gasteiger partial charge in [0.2, 0.25) is 0 Å². The molecule has 0 bridgehead atoms. The molecule has 1 saturated heterocycles. The molecule has 0 aromatic rings. The van der Waals surface area contributed by atoms with Crippen LogP contribution in [0.15, 0.2) is 12.2 Å². The molecule has 0 spiro atoms. The van der Waals surface area contributed by atoms with Gasteiger partial charge in [-0.3, -0.25) is 0 Å². The minimum Gasteiger partial charge on any atom is -0.374 e. The fourth-order valence-electron chi connectivity index (χ4n) is 1.35. The van der Waals surface area contributed by atoms with Crippen LogP contribution in [0.25, 0.3) is 0 Å². The van der Waals surface area contributed by atoms with Crippen LogP contribution < -0.4 is 5.73 Å². The topological polar surface area (TPSA) is 38.5 Å². The summed E-state index contributed by atoms with van der Waals surface area (Å²) in [5, 5.41) is 0. The van der Waals surface area contributed by atoms with E-state index < -0.39 is 0 Å². The number of likely N-dealkylation sites (N-methyl/N-ethyl adjacent to an activating group) is 1. The molecule has 1 rings (SSSR count). The maximum absolute atomic E-state index is 5.90. The summed E-state index contributed by atoms with van der Waals surface area (Å²) in [5.41, 5.74) is 6.90. The lowest BCUT2D eigenvalue weighted by atomic mass is 10.0. The van der Waals surface area contributed by atoms with Gasteiger partial charge in [0.15, 0.2) is 0 Å². The molecule has 3 heteroatoms. The Kier molecular flexibility index (Phi) is 3.26. The predicted molar refractivity (Wildman–Crippen MR) is 50.0 cm³/mol. The van der Waals surface area contributed by atoms with Gasteiger partial charge in [0.25, 0.3) is 0 Å². The minimum absolute atomic E-state index is 0.0206. The van der Waals surface area contributed by atoms with Crippen molar-refractivity contribution in [3.05, 3.63) is 12.2 Å². The summed E-state index contributed by atoms with van der Waals surface area (Å²) >= 11 is 0. The molecule has 2 atom stereocenters. The Balaban J connectivity index is 2.45. The average Bonchev–Trinajstić information content (AvgIpc) is 2.03. The standard InChI is InChI=1S/C9H18N2O/c1-7(2)9(10)8-6-11(3)4-5-12-8/h8-9H,1,4-6,10H2,2-3H3. The number of hydrogen-bond donors (Lipinski definition) is 1. The lowest BCUT2D eigenvalue weighted by molar-refractivity contribution is -0.0264. The number of nitrogens with zero attached hydrogens (tertiary/aromatic N) is 1. The van der Waals surface area contributed by atoms with Crippen LogP contribution >= 0.6 is 0 Å². The van der Waals surface area contributed by atoms with Gasteiger partial charge in [0.1, 0.15) is 0 Å². The van der Waals surface area contributed by atoms with Crippen molar-refractivity contribution in [2.75, 3.05) is 26.7 Å². The monoisotopic (exact) mass is 170 g/mol. The first-order valence-corrected chi connectivity index (χ1v) is 4.32. The van der Waals surface area contributed by atoms with Crippen molar-refractivity contribution in [1.82, 2.24) is 4.90 Å². The Bertz CT molecular complexity index is 170. The highest BCUT2D eigenvalue weighted by atomic mass is 16.5. The fourth-order valence-corrected chi connectivity index (χ4v) is 1.35. The number of morpholine rings is 1. The first-order valence-electron chi connectivity index (χ1n) is 4.32. The molecule has 3 nitrogen and oxygen atoms in total. The van der Waals surface area contributed by atoms with Crippen molar-refractivity contribution in [1.29, 1.82) is 0 Å². The summed E-state index contributed by atoms with van der Waals surface area (Å²) in [4.78, 5) is 2.23. The highest BCUT2D eigenvalue weighted by molar-refractivity contribution is 5.04. The molecule has 0 aliphatic carbocycles. The van der Waals surface area contributed by atoms with Crippen LogP contribution in [-0.2, 0) is 4.74 Å². The van der Waals surface area contributed by atoms with E-state index in [0.717, 1.165) is 25.3 Å². The van der Waals surface area contributed by atoms with E-state index in [0.29, 0.717) is 0 Å². The second-order valence-corrected chi connectivity index (χ2v) is 3.54. The molecule has 0 aromatic carbocycles. The van der Waals surface area contributed by atoms with E-state index in [4.69, 9.17) is 10.5 Å². The van der Waals surface area contributed by atoms with Gasteiger partial charge < -0.3 is 15.4 Å². The van der Waals surface area contributed by atoms with E-state index in [1.165, 1.54) is 0 Å². The molecule has 1 heterocycles. The van der Waals surface area contributed by atoms with Gasteiger partial charge >= 0.3 is 0 Å². The van der Waals surface area contributed by atoms with Crippen molar-refractivity contribution >= 4 is 0 Å². The van der Waals surface area contributed by atoms with Crippen LogP contribution in [0, 0.1) is 0 Å². The molecular formula is C9H18N2O. The van der Waals surface area contributed by atoms with Crippen LogP contribution in [0.5, 0.6) is 0 Å². The summed E-state index contributed by atoms with van der Waals surface area (Å²) in [5.74, 6) is 0. The molecule has 2 unspecified atom stereocenters. The second kappa shape index (κ2) is 4.03. The Morgan fingerprint density at radius 1 is 1.75 bits per heavy atom. The van der Waals surface area contributed by atoms with Crippen molar-refractivity contribution in [3.63, 3.8) is 0 Å². The van der Waals surface area contributed by atoms with Gasteiger partial charge in [0.05, 0.1) is 18.8 Å². The SMILES string of the molecule is C=C(C)C(N)C1CN(C)CCO1. The van der Waals surface area contributed by atoms with Crippen LogP contribution in [0.3, 0.4) is 0 Å². The Labute approximate surface area is 74.2 Å². The molecule has 0 amide bonds. The Morgan fingerprint density at radius 3 is 2.92 bits per heavy atom. The number of nitrogens with two attached hydrogens (primary N) is 1. The second-order valence-electron chi connectivity index (χ2n) is 3.54. The third kappa shape index (κ3) is 2.30. The maximum Gasteiger partial charge on any atom is 0.0891 e. The Morgan fingerprint density at radius 2 is 2.42 bits per heavy atom. The lowest BCUT2D eigenvalue weighted by Gasteiger charge is -2.33. The molecule has 0 saturated carbocycles. The third-order valence-corrected chi connectivity index (χ3v) is 2.27. The molecule has 1 fully saturated rings. The van der Waals surface area contributed by atoms with E-state index in [9.17, 15) is 0 Å². The van der Waals surface area contributed by atoms with Crippen LogP contribution in [0.4, 0.5) is 0 Å². The largest absolute Gasteiger partial charge is 0.374 e. The zero-order chi connectivity index (χ0) is 9.14. The van der Waals surface area contributed by atoms with E-state index in [1.54, 1.807) is 0 Å². The minimum atomic E-state index is -0.0206. The molecule has 2 N–H and O–H groups in total. The van der Waals surface area contributed by atoms with Gasteiger partial charge in [-0.1, -0.05) is 12.2 Å². The van der Waals surface area contributed by atoms with Gasteiger partial charge in [-0.15, -0.1) is 0 Å². The van der Waals surface area contributed by atoms with E-state index in [-0.39, 0.29) is 12.1 Å². The summed E-state index contributed by atoms with van der Waals surface area (Å²) in [6.07, 6.45) is 0.126. The predicted octanol–water partition coefficient (Wildman–Crippen LogP) is 0.220. The maximum atomic E-state index is 5.90. The first kappa shape index (κ1) is 9.71. The average molecular weight is 170 g/mol. The Hall–Kier alpha value is -0.380. The molecule has 0 radical (unpaired) electrons. The van der Waals surface area contributed by atoms with E-state index in [1.807, 2.05) is 6.92 Å². The van der Waals surface area contributed by atoms with Crippen molar-refractivity contribution in [3.8, 4) is 0 Å². The smallest absolute Gasteiger partial charge is 0.0891 e. The van der Waals surface area contributed by atoms with E-state index in [2.05, 4.69) is 18.5 Å². The summed E-state index contributed by atoms with van der Waals surface area (Å²) in [6, 6.07) is -0.0206. The fraction of sp³-hybridized carbons (Fsp3) is 0.778. The highest BCUT2D eigenvalue weighted by Crippen LogP contribution is 2.10. The molecule has 70 valence electrons. The van der Waals surface area contributed by atoms with Gasteiger partial charge in [-0.05, 0) is 14.0 Å². The van der Waals surface area contributed by atoms with Gasteiger partial charge in [-0.2, -0.15) is 0 Å². The summed E-state index contributed by atoms with van der Waals surface area (Å²) in [7, 11) is 2.08. The van der Waals surface area contributed by atoms with Crippen LogP contribution in [0.1, 0.15) is 6.92 Å². The first-order chi connectivity index (χ1) is 5.61. The van der Waals surface area contributed by atoms with E-state index >= 15 is 0 Å². The van der Waals surface area contributed by atoms with Gasteiger partial charge in [0, 0.05) is 13.1 Å². The lowest BCUT2D eigenvalue weighted by Crippen LogP contribution is -2.49. The highest BCUT2D eigenvalue weighted by Gasteiger charge is 2.23. The number of rotatable bonds is 2. The zero-order valence-electron chi connectivity index (χ0n) is 7.92. The summed E-state index contributed by atoms with van der Waals surface area (Å²) < 4.78 is 5.54.